The van der Waals surface area contributed by atoms with Crippen molar-refractivity contribution in [2.75, 3.05) is 5.32 Å². The molecule has 18 heavy (non-hydrogen) atoms. The minimum atomic E-state index is -0.888. The molecule has 0 saturated heterocycles. The molecular weight excluding hydrogens is 239 g/mol. The highest BCUT2D eigenvalue weighted by molar-refractivity contribution is 5.47. The summed E-state index contributed by atoms with van der Waals surface area (Å²) in [5, 5.41) is 2.86. The van der Waals surface area contributed by atoms with Crippen LogP contribution in [0.5, 0.6) is 0 Å². The zero-order valence-electron chi connectivity index (χ0n) is 10.5. The van der Waals surface area contributed by atoms with Crippen molar-refractivity contribution >= 4 is 5.69 Å². The van der Waals surface area contributed by atoms with Gasteiger partial charge in [0.25, 0.3) is 0 Å². The highest BCUT2D eigenvalue weighted by atomic mass is 19.1. The molecule has 0 radical (unpaired) electrons. The Balaban J connectivity index is 2.08. The summed E-state index contributed by atoms with van der Waals surface area (Å²) < 4.78 is 39.8. The van der Waals surface area contributed by atoms with Gasteiger partial charge in [0.05, 0.1) is 0 Å². The third kappa shape index (κ3) is 2.98. The average molecular weight is 257 g/mol. The van der Waals surface area contributed by atoms with Crippen molar-refractivity contribution in [2.24, 2.45) is 5.92 Å². The summed E-state index contributed by atoms with van der Waals surface area (Å²) in [5.41, 5.74) is -0.213. The summed E-state index contributed by atoms with van der Waals surface area (Å²) in [7, 11) is 0. The predicted molar refractivity (Wildman–Crippen MR) is 66.0 cm³/mol. The van der Waals surface area contributed by atoms with Gasteiger partial charge in [0.1, 0.15) is 11.5 Å². The molecule has 1 saturated carbocycles. The number of benzene rings is 1. The molecule has 1 fully saturated rings. The summed E-state index contributed by atoms with van der Waals surface area (Å²) in [6, 6.07) is 1.41. The third-order valence-corrected chi connectivity index (χ3v) is 3.74. The number of anilines is 1. The van der Waals surface area contributed by atoms with Crippen LogP contribution in [0.4, 0.5) is 18.9 Å². The van der Waals surface area contributed by atoms with E-state index in [1.807, 2.05) is 6.92 Å². The van der Waals surface area contributed by atoms with Gasteiger partial charge in [0, 0.05) is 18.2 Å². The topological polar surface area (TPSA) is 12.0 Å². The van der Waals surface area contributed by atoms with E-state index in [0.717, 1.165) is 12.8 Å². The van der Waals surface area contributed by atoms with Gasteiger partial charge in [0.2, 0.25) is 0 Å². The average Bonchev–Trinajstić information content (AvgIpc) is 2.34. The molecule has 1 nitrogen and oxygen atoms in total. The van der Waals surface area contributed by atoms with Crippen molar-refractivity contribution in [2.45, 2.75) is 45.1 Å². The van der Waals surface area contributed by atoms with Crippen LogP contribution in [0.2, 0.25) is 0 Å². The lowest BCUT2D eigenvalue weighted by Gasteiger charge is -2.29. The van der Waals surface area contributed by atoms with Gasteiger partial charge >= 0.3 is 0 Å². The van der Waals surface area contributed by atoms with Crippen molar-refractivity contribution in [3.05, 3.63) is 29.6 Å². The van der Waals surface area contributed by atoms with E-state index < -0.39 is 17.5 Å². The summed E-state index contributed by atoms with van der Waals surface area (Å²) in [6.07, 6.45) is 5.75. The van der Waals surface area contributed by atoms with Crippen molar-refractivity contribution in [3.8, 4) is 0 Å². The SMILES string of the molecule is CC(Nc1c(F)cc(F)cc1F)C1CCCCC1. The van der Waals surface area contributed by atoms with E-state index >= 15 is 0 Å². The molecule has 1 N–H and O–H groups in total. The molecule has 1 unspecified atom stereocenters. The normalized spacial score (nSPS) is 18.7. The third-order valence-electron chi connectivity index (χ3n) is 3.74. The van der Waals surface area contributed by atoms with E-state index in [1.54, 1.807) is 0 Å². The zero-order valence-corrected chi connectivity index (χ0v) is 10.5. The van der Waals surface area contributed by atoms with E-state index in [9.17, 15) is 13.2 Å². The molecule has 2 rings (SSSR count). The van der Waals surface area contributed by atoms with Crippen LogP contribution < -0.4 is 5.32 Å². The molecular formula is C14H18F3N. The molecule has 1 aliphatic rings. The van der Waals surface area contributed by atoms with Gasteiger partial charge in [-0.05, 0) is 25.7 Å². The van der Waals surface area contributed by atoms with E-state index in [2.05, 4.69) is 5.32 Å². The largest absolute Gasteiger partial charge is 0.378 e. The maximum atomic E-state index is 13.5. The van der Waals surface area contributed by atoms with Crippen LogP contribution in [0.1, 0.15) is 39.0 Å². The fourth-order valence-corrected chi connectivity index (χ4v) is 2.66. The van der Waals surface area contributed by atoms with Crippen molar-refractivity contribution in [3.63, 3.8) is 0 Å². The molecule has 0 spiro atoms. The first-order valence-electron chi connectivity index (χ1n) is 6.49. The van der Waals surface area contributed by atoms with Gasteiger partial charge in [-0.2, -0.15) is 0 Å². The second-order valence-corrected chi connectivity index (χ2v) is 5.08. The van der Waals surface area contributed by atoms with Gasteiger partial charge in [-0.25, -0.2) is 13.2 Å². The van der Waals surface area contributed by atoms with Crippen molar-refractivity contribution in [1.82, 2.24) is 0 Å². The fraction of sp³-hybridized carbons (Fsp3) is 0.571. The van der Waals surface area contributed by atoms with Crippen LogP contribution in [0, 0.1) is 23.4 Å². The Hall–Kier alpha value is -1.19. The van der Waals surface area contributed by atoms with Crippen LogP contribution >= 0.6 is 0 Å². The van der Waals surface area contributed by atoms with Crippen molar-refractivity contribution in [1.29, 1.82) is 0 Å². The summed E-state index contributed by atoms with van der Waals surface area (Å²) in [6.45, 7) is 1.93. The van der Waals surface area contributed by atoms with E-state index in [1.165, 1.54) is 19.3 Å². The minimum Gasteiger partial charge on any atom is -0.378 e. The molecule has 4 heteroatoms. The lowest BCUT2D eigenvalue weighted by atomic mass is 9.84. The van der Waals surface area contributed by atoms with Crippen LogP contribution in [0.25, 0.3) is 0 Å². The molecule has 0 aliphatic heterocycles. The first-order valence-corrected chi connectivity index (χ1v) is 6.49. The Labute approximate surface area is 105 Å². The lowest BCUT2D eigenvalue weighted by Crippen LogP contribution is -2.28. The number of hydrogen-bond donors (Lipinski definition) is 1. The molecule has 0 amide bonds. The van der Waals surface area contributed by atoms with Gasteiger partial charge < -0.3 is 5.32 Å². The van der Waals surface area contributed by atoms with Crippen molar-refractivity contribution < 1.29 is 13.2 Å². The number of halogens is 3. The van der Waals surface area contributed by atoms with E-state index in [4.69, 9.17) is 0 Å². The smallest absolute Gasteiger partial charge is 0.152 e. The molecule has 1 aromatic carbocycles. The number of rotatable bonds is 3. The van der Waals surface area contributed by atoms with Gasteiger partial charge in [0.15, 0.2) is 11.6 Å². The molecule has 0 bridgehead atoms. The van der Waals surface area contributed by atoms with Crippen LogP contribution in [0.15, 0.2) is 12.1 Å². The molecule has 0 heterocycles. The summed E-state index contributed by atoms with van der Waals surface area (Å²) in [4.78, 5) is 0. The number of nitrogens with one attached hydrogen (secondary N) is 1. The standard InChI is InChI=1S/C14H18F3N/c1-9(10-5-3-2-4-6-10)18-14-12(16)7-11(15)8-13(14)17/h7-10,18H,2-6H2,1H3. The maximum absolute atomic E-state index is 13.5. The van der Waals surface area contributed by atoms with Gasteiger partial charge in [-0.3, -0.25) is 0 Å². The molecule has 100 valence electrons. The first kappa shape index (κ1) is 13.2. The monoisotopic (exact) mass is 257 g/mol. The second-order valence-electron chi connectivity index (χ2n) is 5.08. The summed E-state index contributed by atoms with van der Waals surface area (Å²) >= 11 is 0. The van der Waals surface area contributed by atoms with Crippen LogP contribution in [0.3, 0.4) is 0 Å². The van der Waals surface area contributed by atoms with Crippen LogP contribution in [-0.4, -0.2) is 6.04 Å². The first-order chi connectivity index (χ1) is 8.58. The second kappa shape index (κ2) is 5.63. The highest BCUT2D eigenvalue weighted by Crippen LogP contribution is 2.29. The van der Waals surface area contributed by atoms with E-state index in [0.29, 0.717) is 18.1 Å². The molecule has 1 aromatic rings. The fourth-order valence-electron chi connectivity index (χ4n) is 2.66. The minimum absolute atomic E-state index is 0.000221. The Kier molecular flexibility index (Phi) is 4.15. The van der Waals surface area contributed by atoms with E-state index in [-0.39, 0.29) is 11.7 Å². The zero-order chi connectivity index (χ0) is 13.1. The number of hydrogen-bond acceptors (Lipinski definition) is 1. The Bertz CT molecular complexity index is 390. The Morgan fingerprint density at radius 3 is 2.17 bits per heavy atom. The Morgan fingerprint density at radius 2 is 1.61 bits per heavy atom. The van der Waals surface area contributed by atoms with Gasteiger partial charge in [-0.15, -0.1) is 0 Å². The highest BCUT2D eigenvalue weighted by Gasteiger charge is 2.22. The maximum Gasteiger partial charge on any atom is 0.152 e. The molecule has 0 aromatic heterocycles. The predicted octanol–water partition coefficient (Wildman–Crippen LogP) is 4.48. The van der Waals surface area contributed by atoms with Gasteiger partial charge in [-0.1, -0.05) is 19.3 Å². The molecule has 1 aliphatic carbocycles. The quantitative estimate of drug-likeness (QED) is 0.841. The lowest BCUT2D eigenvalue weighted by molar-refractivity contribution is 0.327. The summed E-state index contributed by atoms with van der Waals surface area (Å²) in [5.74, 6) is -2.19. The molecule has 1 atom stereocenters. The van der Waals surface area contributed by atoms with Crippen LogP contribution in [-0.2, 0) is 0 Å². The Morgan fingerprint density at radius 1 is 1.06 bits per heavy atom.